The average Bonchev–Trinajstić information content (AvgIpc) is 2.89. The van der Waals surface area contributed by atoms with Crippen LogP contribution in [0.3, 0.4) is 0 Å². The Bertz CT molecular complexity index is 721. The van der Waals surface area contributed by atoms with Gasteiger partial charge in [0.15, 0.2) is 0 Å². The van der Waals surface area contributed by atoms with Crippen molar-refractivity contribution in [2.75, 3.05) is 0 Å². The van der Waals surface area contributed by atoms with Crippen molar-refractivity contribution in [2.24, 2.45) is 0 Å². The van der Waals surface area contributed by atoms with E-state index in [0.29, 0.717) is 6.54 Å². The third-order valence-corrected chi connectivity index (χ3v) is 4.60. The number of fused-ring (bicyclic) bond motifs is 1. The van der Waals surface area contributed by atoms with E-state index in [0.717, 1.165) is 30.1 Å². The average molecular weight is 316 g/mol. The van der Waals surface area contributed by atoms with Crippen LogP contribution in [0.25, 0.3) is 0 Å². The Morgan fingerprint density at radius 2 is 2.00 bits per heavy atom. The summed E-state index contributed by atoms with van der Waals surface area (Å²) >= 11 is 0. The summed E-state index contributed by atoms with van der Waals surface area (Å²) in [6, 6.07) is 6.16. The number of aromatic nitrogens is 3. The summed E-state index contributed by atoms with van der Waals surface area (Å²) in [5.41, 5.74) is 0.0873. The van der Waals surface area contributed by atoms with Crippen LogP contribution in [-0.4, -0.2) is 26.7 Å². The number of aryl methyl sites for hydroxylation is 2. The molecule has 23 heavy (non-hydrogen) atoms. The highest BCUT2D eigenvalue weighted by Crippen LogP contribution is 2.24. The van der Waals surface area contributed by atoms with Crippen molar-refractivity contribution in [2.45, 2.75) is 51.6 Å². The standard InChI is InChI=1S/C17H21FN4O/c1-11-20-21-15-9-8-14(10-22(11)15)19-16(23)17(2,3)12-4-6-13(18)7-5-12/h4-7,14H,8-10H2,1-3H3,(H,19,23). The third kappa shape index (κ3) is 2.98. The largest absolute Gasteiger partial charge is 0.351 e. The molecule has 1 aromatic carbocycles. The Hall–Kier alpha value is -2.24. The van der Waals surface area contributed by atoms with Crippen LogP contribution < -0.4 is 5.32 Å². The summed E-state index contributed by atoms with van der Waals surface area (Å²) in [4.78, 5) is 12.7. The van der Waals surface area contributed by atoms with Crippen LogP contribution in [0, 0.1) is 12.7 Å². The van der Waals surface area contributed by atoms with Gasteiger partial charge in [0.05, 0.1) is 5.41 Å². The zero-order valence-corrected chi connectivity index (χ0v) is 13.6. The van der Waals surface area contributed by atoms with Gasteiger partial charge in [0.1, 0.15) is 17.5 Å². The second-order valence-corrected chi connectivity index (χ2v) is 6.62. The molecule has 1 amide bonds. The van der Waals surface area contributed by atoms with E-state index in [2.05, 4.69) is 20.1 Å². The van der Waals surface area contributed by atoms with Gasteiger partial charge in [-0.25, -0.2) is 4.39 Å². The van der Waals surface area contributed by atoms with Crippen LogP contribution in [0.2, 0.25) is 0 Å². The zero-order valence-electron chi connectivity index (χ0n) is 13.6. The summed E-state index contributed by atoms with van der Waals surface area (Å²) in [6.07, 6.45) is 1.66. The van der Waals surface area contributed by atoms with E-state index >= 15 is 0 Å². The van der Waals surface area contributed by atoms with E-state index in [1.807, 2.05) is 20.8 Å². The number of nitrogens with zero attached hydrogens (tertiary/aromatic N) is 3. The van der Waals surface area contributed by atoms with E-state index in [-0.39, 0.29) is 17.8 Å². The van der Waals surface area contributed by atoms with E-state index in [1.54, 1.807) is 12.1 Å². The fourth-order valence-corrected chi connectivity index (χ4v) is 2.94. The molecule has 122 valence electrons. The van der Waals surface area contributed by atoms with Gasteiger partial charge < -0.3 is 9.88 Å². The molecule has 6 heteroatoms. The van der Waals surface area contributed by atoms with E-state index in [4.69, 9.17) is 0 Å². The third-order valence-electron chi connectivity index (χ3n) is 4.60. The monoisotopic (exact) mass is 316 g/mol. The first-order valence-corrected chi connectivity index (χ1v) is 7.83. The lowest BCUT2D eigenvalue weighted by atomic mass is 9.83. The van der Waals surface area contributed by atoms with Gasteiger partial charge in [0, 0.05) is 19.0 Å². The number of amides is 1. The first kappa shape index (κ1) is 15.6. The topological polar surface area (TPSA) is 59.8 Å². The SMILES string of the molecule is Cc1nnc2n1CC(NC(=O)C(C)(C)c1ccc(F)cc1)CC2. The molecular weight excluding hydrogens is 295 g/mol. The van der Waals surface area contributed by atoms with Crippen LogP contribution in [0.1, 0.15) is 37.5 Å². The van der Waals surface area contributed by atoms with Crippen molar-refractivity contribution in [3.63, 3.8) is 0 Å². The second-order valence-electron chi connectivity index (χ2n) is 6.62. The highest BCUT2D eigenvalue weighted by atomic mass is 19.1. The van der Waals surface area contributed by atoms with Gasteiger partial charge >= 0.3 is 0 Å². The predicted octanol–water partition coefficient (Wildman–Crippen LogP) is 2.13. The summed E-state index contributed by atoms with van der Waals surface area (Å²) in [5, 5.41) is 11.3. The Labute approximate surface area is 134 Å². The van der Waals surface area contributed by atoms with E-state index in [9.17, 15) is 9.18 Å². The van der Waals surface area contributed by atoms with Gasteiger partial charge in [-0.2, -0.15) is 0 Å². The van der Waals surface area contributed by atoms with Crippen LogP contribution in [0.4, 0.5) is 4.39 Å². The molecule has 1 aliphatic heterocycles. The van der Waals surface area contributed by atoms with Crippen molar-refractivity contribution < 1.29 is 9.18 Å². The molecule has 2 aromatic rings. The molecule has 0 radical (unpaired) electrons. The Kier molecular flexibility index (Phi) is 3.92. The summed E-state index contributed by atoms with van der Waals surface area (Å²) in [6.45, 7) is 6.32. The normalized spacial score (nSPS) is 17.7. The number of rotatable bonds is 3. The van der Waals surface area contributed by atoms with Gasteiger partial charge in [-0.05, 0) is 44.9 Å². The molecule has 1 aliphatic rings. The maximum absolute atomic E-state index is 13.1. The summed E-state index contributed by atoms with van der Waals surface area (Å²) < 4.78 is 15.1. The zero-order chi connectivity index (χ0) is 16.6. The Morgan fingerprint density at radius 1 is 1.30 bits per heavy atom. The van der Waals surface area contributed by atoms with Gasteiger partial charge in [0.25, 0.3) is 0 Å². The van der Waals surface area contributed by atoms with Crippen LogP contribution in [0.5, 0.6) is 0 Å². The van der Waals surface area contributed by atoms with Crippen LogP contribution in [-0.2, 0) is 23.2 Å². The maximum Gasteiger partial charge on any atom is 0.230 e. The minimum Gasteiger partial charge on any atom is -0.351 e. The van der Waals surface area contributed by atoms with Gasteiger partial charge in [0.2, 0.25) is 5.91 Å². The number of hydrogen-bond acceptors (Lipinski definition) is 3. The number of benzene rings is 1. The quantitative estimate of drug-likeness (QED) is 0.944. The van der Waals surface area contributed by atoms with E-state index < -0.39 is 5.41 Å². The minimum absolute atomic E-state index is 0.0525. The molecule has 0 aliphatic carbocycles. The first-order chi connectivity index (χ1) is 10.9. The minimum atomic E-state index is -0.712. The van der Waals surface area contributed by atoms with Crippen molar-refractivity contribution >= 4 is 5.91 Å². The molecule has 5 nitrogen and oxygen atoms in total. The van der Waals surface area contributed by atoms with Crippen LogP contribution >= 0.6 is 0 Å². The Balaban J connectivity index is 1.71. The van der Waals surface area contributed by atoms with Crippen molar-refractivity contribution in [3.8, 4) is 0 Å². The first-order valence-electron chi connectivity index (χ1n) is 7.83. The molecular formula is C17H21FN4O. The van der Waals surface area contributed by atoms with Crippen molar-refractivity contribution in [3.05, 3.63) is 47.3 Å². The fraction of sp³-hybridized carbons (Fsp3) is 0.471. The predicted molar refractivity (Wildman–Crippen MR) is 84.4 cm³/mol. The van der Waals surface area contributed by atoms with Crippen LogP contribution in [0.15, 0.2) is 24.3 Å². The lowest BCUT2D eigenvalue weighted by molar-refractivity contribution is -0.126. The van der Waals surface area contributed by atoms with Crippen molar-refractivity contribution in [1.82, 2.24) is 20.1 Å². The number of nitrogens with one attached hydrogen (secondary N) is 1. The second kappa shape index (κ2) is 5.76. The molecule has 0 saturated heterocycles. The fourth-order valence-electron chi connectivity index (χ4n) is 2.94. The van der Waals surface area contributed by atoms with Gasteiger partial charge in [-0.3, -0.25) is 4.79 Å². The highest BCUT2D eigenvalue weighted by Gasteiger charge is 2.32. The number of carbonyl (C=O) groups excluding carboxylic acids is 1. The Morgan fingerprint density at radius 3 is 2.70 bits per heavy atom. The molecule has 0 spiro atoms. The molecule has 3 rings (SSSR count). The molecule has 1 unspecified atom stereocenters. The number of halogens is 1. The van der Waals surface area contributed by atoms with Gasteiger partial charge in [-0.15, -0.1) is 10.2 Å². The molecule has 1 atom stereocenters. The lowest BCUT2D eigenvalue weighted by Crippen LogP contribution is -2.48. The van der Waals surface area contributed by atoms with Gasteiger partial charge in [-0.1, -0.05) is 12.1 Å². The molecule has 1 N–H and O–H groups in total. The molecule has 0 fully saturated rings. The highest BCUT2D eigenvalue weighted by molar-refractivity contribution is 5.87. The summed E-state index contributed by atoms with van der Waals surface area (Å²) in [5.74, 6) is 1.50. The molecule has 2 heterocycles. The number of hydrogen-bond donors (Lipinski definition) is 1. The molecule has 1 aromatic heterocycles. The molecule has 0 saturated carbocycles. The maximum atomic E-state index is 13.1. The van der Waals surface area contributed by atoms with Crippen molar-refractivity contribution in [1.29, 1.82) is 0 Å². The number of carbonyl (C=O) groups is 1. The lowest BCUT2D eigenvalue weighted by Gasteiger charge is -2.30. The smallest absolute Gasteiger partial charge is 0.230 e. The summed E-state index contributed by atoms with van der Waals surface area (Å²) in [7, 11) is 0. The van der Waals surface area contributed by atoms with E-state index in [1.165, 1.54) is 12.1 Å². The molecule has 0 bridgehead atoms.